The third-order valence-electron chi connectivity index (χ3n) is 6.08. The van der Waals surface area contributed by atoms with E-state index in [2.05, 4.69) is 42.6 Å². The zero-order chi connectivity index (χ0) is 25.1. The zero-order valence-electron chi connectivity index (χ0n) is 21.1. The van der Waals surface area contributed by atoms with Gasteiger partial charge in [0.15, 0.2) is 0 Å². The van der Waals surface area contributed by atoms with Crippen molar-refractivity contribution in [3.8, 4) is 22.6 Å². The standard InChI is InChI=1S/C30H31NO4/c1-7-34-29-21(5)30-24(25(17-35-30)22-11-8-18(2)9-12-22)16-23(29)20(4)15-28(32)31-26-14-19(3)10-13-27(26)33-6/h8-17H,7H2,1-6H3,(H,31,32)/b20-15+. The van der Waals surface area contributed by atoms with Gasteiger partial charge >= 0.3 is 0 Å². The Morgan fingerprint density at radius 2 is 1.74 bits per heavy atom. The van der Waals surface area contributed by atoms with Gasteiger partial charge in [-0.2, -0.15) is 0 Å². The summed E-state index contributed by atoms with van der Waals surface area (Å²) in [7, 11) is 1.59. The summed E-state index contributed by atoms with van der Waals surface area (Å²) in [5.41, 5.74) is 8.30. The Bertz CT molecular complexity index is 1410. The minimum Gasteiger partial charge on any atom is -0.495 e. The van der Waals surface area contributed by atoms with Gasteiger partial charge in [-0.3, -0.25) is 4.79 Å². The summed E-state index contributed by atoms with van der Waals surface area (Å²) >= 11 is 0. The second-order valence-electron chi connectivity index (χ2n) is 8.72. The first-order valence-corrected chi connectivity index (χ1v) is 11.7. The normalized spacial score (nSPS) is 11.5. The van der Waals surface area contributed by atoms with Crippen LogP contribution in [-0.4, -0.2) is 19.6 Å². The fourth-order valence-electron chi connectivity index (χ4n) is 4.26. The molecule has 180 valence electrons. The van der Waals surface area contributed by atoms with Crippen LogP contribution in [0.2, 0.25) is 0 Å². The highest BCUT2D eigenvalue weighted by Crippen LogP contribution is 2.41. The summed E-state index contributed by atoms with van der Waals surface area (Å²) in [4.78, 5) is 13.0. The number of rotatable bonds is 7. The largest absolute Gasteiger partial charge is 0.495 e. The van der Waals surface area contributed by atoms with Crippen LogP contribution in [0.1, 0.15) is 36.1 Å². The number of carbonyl (C=O) groups is 1. The van der Waals surface area contributed by atoms with E-state index in [-0.39, 0.29) is 5.91 Å². The van der Waals surface area contributed by atoms with Crippen molar-refractivity contribution in [2.75, 3.05) is 19.0 Å². The van der Waals surface area contributed by atoms with Gasteiger partial charge < -0.3 is 19.2 Å². The number of nitrogens with one attached hydrogen (secondary N) is 1. The Labute approximate surface area is 206 Å². The lowest BCUT2D eigenvalue weighted by molar-refractivity contribution is -0.111. The highest BCUT2D eigenvalue weighted by atomic mass is 16.5. The third kappa shape index (κ3) is 4.94. The monoisotopic (exact) mass is 469 g/mol. The highest BCUT2D eigenvalue weighted by molar-refractivity contribution is 6.06. The fourth-order valence-corrected chi connectivity index (χ4v) is 4.26. The average molecular weight is 470 g/mol. The molecule has 1 amide bonds. The molecule has 0 spiro atoms. The molecular formula is C30H31NO4. The Balaban J connectivity index is 1.77. The smallest absolute Gasteiger partial charge is 0.248 e. The molecule has 0 unspecified atom stereocenters. The lowest BCUT2D eigenvalue weighted by Crippen LogP contribution is -2.10. The second kappa shape index (κ2) is 10.1. The van der Waals surface area contributed by atoms with Crippen molar-refractivity contribution in [3.05, 3.63) is 83.1 Å². The number of carbonyl (C=O) groups excluding carboxylic acids is 1. The molecule has 35 heavy (non-hydrogen) atoms. The van der Waals surface area contributed by atoms with Gasteiger partial charge in [-0.1, -0.05) is 35.9 Å². The number of methoxy groups -OCH3 is 1. The molecule has 0 bridgehead atoms. The topological polar surface area (TPSA) is 60.7 Å². The number of aryl methyl sites for hydroxylation is 3. The molecule has 1 N–H and O–H groups in total. The number of anilines is 1. The minimum atomic E-state index is -0.238. The van der Waals surface area contributed by atoms with Gasteiger partial charge in [0.1, 0.15) is 17.1 Å². The van der Waals surface area contributed by atoms with Crippen molar-refractivity contribution >= 4 is 28.1 Å². The van der Waals surface area contributed by atoms with E-state index >= 15 is 0 Å². The van der Waals surface area contributed by atoms with Crippen molar-refractivity contribution in [1.29, 1.82) is 0 Å². The van der Waals surface area contributed by atoms with Crippen molar-refractivity contribution in [2.45, 2.75) is 34.6 Å². The van der Waals surface area contributed by atoms with Crippen molar-refractivity contribution in [2.24, 2.45) is 0 Å². The highest BCUT2D eigenvalue weighted by Gasteiger charge is 2.19. The van der Waals surface area contributed by atoms with E-state index in [0.717, 1.165) is 50.1 Å². The predicted molar refractivity (Wildman–Crippen MR) is 142 cm³/mol. The van der Waals surface area contributed by atoms with Gasteiger partial charge in [-0.05, 0) is 69.5 Å². The maximum Gasteiger partial charge on any atom is 0.248 e. The SMILES string of the molecule is CCOc1c(/C(C)=C/C(=O)Nc2cc(C)ccc2OC)cc2c(-c3ccc(C)cc3)coc2c1C. The Kier molecular flexibility index (Phi) is 6.97. The molecule has 0 aliphatic heterocycles. The van der Waals surface area contributed by atoms with E-state index in [1.54, 1.807) is 19.4 Å². The molecule has 5 nitrogen and oxygen atoms in total. The van der Waals surface area contributed by atoms with Crippen molar-refractivity contribution in [1.82, 2.24) is 0 Å². The molecule has 0 aliphatic rings. The average Bonchev–Trinajstić information content (AvgIpc) is 3.25. The molecule has 1 aromatic heterocycles. The summed E-state index contributed by atoms with van der Waals surface area (Å²) in [5, 5.41) is 3.93. The Morgan fingerprint density at radius 3 is 2.43 bits per heavy atom. The Hall–Kier alpha value is -3.99. The van der Waals surface area contributed by atoms with Crippen LogP contribution in [0, 0.1) is 20.8 Å². The molecule has 4 aromatic rings. The van der Waals surface area contributed by atoms with Crippen LogP contribution >= 0.6 is 0 Å². The van der Waals surface area contributed by atoms with Crippen molar-refractivity contribution < 1.29 is 18.7 Å². The molecule has 3 aromatic carbocycles. The van der Waals surface area contributed by atoms with Crippen LogP contribution in [0.25, 0.3) is 27.7 Å². The molecule has 4 rings (SSSR count). The first-order valence-electron chi connectivity index (χ1n) is 11.7. The first kappa shape index (κ1) is 24.1. The van der Waals surface area contributed by atoms with Crippen molar-refractivity contribution in [3.63, 3.8) is 0 Å². The van der Waals surface area contributed by atoms with E-state index in [0.29, 0.717) is 18.0 Å². The lowest BCUT2D eigenvalue weighted by Gasteiger charge is -2.15. The number of ether oxygens (including phenoxy) is 2. The maximum atomic E-state index is 13.0. The summed E-state index contributed by atoms with van der Waals surface area (Å²) in [6.07, 6.45) is 3.38. The van der Waals surface area contributed by atoms with Gasteiger partial charge in [0.2, 0.25) is 5.91 Å². The van der Waals surface area contributed by atoms with Gasteiger partial charge in [-0.15, -0.1) is 0 Å². The second-order valence-corrected chi connectivity index (χ2v) is 8.72. The number of fused-ring (bicyclic) bond motifs is 1. The molecule has 1 heterocycles. The van der Waals surface area contributed by atoms with Gasteiger partial charge in [0.05, 0.1) is 25.7 Å². The third-order valence-corrected chi connectivity index (χ3v) is 6.08. The van der Waals surface area contributed by atoms with Crippen LogP contribution < -0.4 is 14.8 Å². The molecule has 0 fully saturated rings. The van der Waals surface area contributed by atoms with E-state index in [1.165, 1.54) is 5.56 Å². The number of hydrogen-bond acceptors (Lipinski definition) is 4. The van der Waals surface area contributed by atoms with Crippen LogP contribution in [0.5, 0.6) is 11.5 Å². The number of benzene rings is 3. The number of allylic oxidation sites excluding steroid dienone is 1. The quantitative estimate of drug-likeness (QED) is 0.285. The molecule has 5 heteroatoms. The molecule has 0 atom stereocenters. The lowest BCUT2D eigenvalue weighted by atomic mass is 9.96. The molecule has 0 saturated heterocycles. The van der Waals surface area contributed by atoms with Gasteiger partial charge in [-0.25, -0.2) is 0 Å². The van der Waals surface area contributed by atoms with Crippen LogP contribution in [-0.2, 0) is 4.79 Å². The summed E-state index contributed by atoms with van der Waals surface area (Å²) in [6, 6.07) is 16.1. The number of amides is 1. The molecule has 0 aliphatic carbocycles. The fraction of sp³-hybridized carbons (Fsp3) is 0.233. The summed E-state index contributed by atoms with van der Waals surface area (Å²) in [5.74, 6) is 1.10. The van der Waals surface area contributed by atoms with Crippen LogP contribution in [0.4, 0.5) is 5.69 Å². The molecule has 0 radical (unpaired) electrons. The predicted octanol–water partition coefficient (Wildman–Crippen LogP) is 7.47. The molecule has 0 saturated carbocycles. The summed E-state index contributed by atoms with van der Waals surface area (Å²) in [6.45, 7) is 10.4. The van der Waals surface area contributed by atoms with Gasteiger partial charge in [0, 0.05) is 28.2 Å². The summed E-state index contributed by atoms with van der Waals surface area (Å²) < 4.78 is 17.4. The first-order chi connectivity index (χ1) is 16.8. The van der Waals surface area contributed by atoms with E-state index in [1.807, 2.05) is 45.9 Å². The van der Waals surface area contributed by atoms with Crippen LogP contribution in [0.15, 0.2) is 65.3 Å². The minimum absolute atomic E-state index is 0.238. The molecular weight excluding hydrogens is 438 g/mol. The number of hydrogen-bond donors (Lipinski definition) is 1. The van der Waals surface area contributed by atoms with E-state index < -0.39 is 0 Å². The van der Waals surface area contributed by atoms with E-state index in [9.17, 15) is 4.79 Å². The van der Waals surface area contributed by atoms with Gasteiger partial charge in [0.25, 0.3) is 0 Å². The Morgan fingerprint density at radius 1 is 1.03 bits per heavy atom. The zero-order valence-corrected chi connectivity index (χ0v) is 21.1. The van der Waals surface area contributed by atoms with Crippen LogP contribution in [0.3, 0.4) is 0 Å². The van der Waals surface area contributed by atoms with E-state index in [4.69, 9.17) is 13.9 Å². The number of furan rings is 1. The maximum absolute atomic E-state index is 13.0.